The van der Waals surface area contributed by atoms with E-state index < -0.39 is 0 Å². The third kappa shape index (κ3) is 1.53. The van der Waals surface area contributed by atoms with Gasteiger partial charge in [0.2, 0.25) is 0 Å². The molecule has 2 aromatic rings. The molecule has 1 aliphatic heterocycles. The molecule has 0 aromatic heterocycles. The zero-order valence-corrected chi connectivity index (χ0v) is 12.8. The summed E-state index contributed by atoms with van der Waals surface area (Å²) >= 11 is 0. The van der Waals surface area contributed by atoms with Crippen LogP contribution in [-0.4, -0.2) is 7.11 Å². The largest absolute Gasteiger partial charge is 0.497 e. The van der Waals surface area contributed by atoms with E-state index in [1.165, 1.54) is 22.4 Å². The lowest BCUT2D eigenvalue weighted by Gasteiger charge is -2.36. The van der Waals surface area contributed by atoms with Crippen molar-refractivity contribution in [1.82, 2.24) is 0 Å². The van der Waals surface area contributed by atoms with Crippen molar-refractivity contribution in [2.45, 2.75) is 31.7 Å². The fourth-order valence-electron chi connectivity index (χ4n) is 4.33. The van der Waals surface area contributed by atoms with Crippen LogP contribution in [0.15, 0.2) is 42.5 Å². The van der Waals surface area contributed by atoms with E-state index in [1.807, 2.05) is 6.07 Å². The van der Waals surface area contributed by atoms with Gasteiger partial charge >= 0.3 is 0 Å². The summed E-state index contributed by atoms with van der Waals surface area (Å²) in [5.74, 6) is 1.98. The second-order valence-electron chi connectivity index (χ2n) is 6.52. The molecule has 1 heterocycles. The van der Waals surface area contributed by atoms with Crippen molar-refractivity contribution in [3.63, 3.8) is 0 Å². The minimum absolute atomic E-state index is 0.0330. The molecule has 108 valence electrons. The quantitative estimate of drug-likeness (QED) is 0.884. The summed E-state index contributed by atoms with van der Waals surface area (Å²) in [5, 5.41) is 3.86. The van der Waals surface area contributed by atoms with E-state index in [-0.39, 0.29) is 5.54 Å². The lowest BCUT2D eigenvalue weighted by atomic mass is 9.75. The van der Waals surface area contributed by atoms with Gasteiger partial charge in [0.05, 0.1) is 12.6 Å². The predicted octanol–water partition coefficient (Wildman–Crippen LogP) is 4.31. The van der Waals surface area contributed by atoms with Crippen molar-refractivity contribution in [1.29, 1.82) is 0 Å². The summed E-state index contributed by atoms with van der Waals surface area (Å²) in [5.41, 5.74) is 5.66. The van der Waals surface area contributed by atoms with Crippen LogP contribution in [0.5, 0.6) is 5.75 Å². The van der Waals surface area contributed by atoms with Gasteiger partial charge in [-0.25, -0.2) is 0 Å². The van der Waals surface area contributed by atoms with Crippen LogP contribution in [0.25, 0.3) is 0 Å². The van der Waals surface area contributed by atoms with E-state index >= 15 is 0 Å². The van der Waals surface area contributed by atoms with Gasteiger partial charge in [-0.2, -0.15) is 0 Å². The third-order valence-corrected chi connectivity index (χ3v) is 5.32. The maximum absolute atomic E-state index is 5.43. The fraction of sp³-hybridized carbons (Fsp3) is 0.368. The Balaban J connectivity index is 1.91. The molecular weight excluding hydrogens is 258 g/mol. The van der Waals surface area contributed by atoms with Crippen molar-refractivity contribution in [3.8, 4) is 5.75 Å². The summed E-state index contributed by atoms with van der Waals surface area (Å²) in [6.45, 7) is 4.65. The molecule has 2 unspecified atom stereocenters. The zero-order chi connectivity index (χ0) is 14.6. The van der Waals surface area contributed by atoms with Crippen molar-refractivity contribution in [2.75, 3.05) is 12.4 Å². The van der Waals surface area contributed by atoms with Gasteiger partial charge in [-0.15, -0.1) is 0 Å². The molecule has 0 spiro atoms. The maximum atomic E-state index is 5.43. The first kappa shape index (κ1) is 12.8. The van der Waals surface area contributed by atoms with Crippen molar-refractivity contribution >= 4 is 5.69 Å². The van der Waals surface area contributed by atoms with Crippen LogP contribution >= 0.6 is 0 Å². The normalized spacial score (nSPS) is 25.2. The Labute approximate surface area is 126 Å². The Morgan fingerprint density at radius 1 is 1.19 bits per heavy atom. The van der Waals surface area contributed by atoms with Gasteiger partial charge < -0.3 is 10.1 Å². The molecule has 0 amide bonds. The summed E-state index contributed by atoms with van der Waals surface area (Å²) in [6.07, 6.45) is 1.11. The summed E-state index contributed by atoms with van der Waals surface area (Å²) in [7, 11) is 1.74. The Bertz CT molecular complexity index is 706. The predicted molar refractivity (Wildman–Crippen MR) is 86.0 cm³/mol. The monoisotopic (exact) mass is 279 g/mol. The first-order valence-corrected chi connectivity index (χ1v) is 7.71. The zero-order valence-electron chi connectivity index (χ0n) is 12.8. The van der Waals surface area contributed by atoms with Gasteiger partial charge in [-0.3, -0.25) is 0 Å². The summed E-state index contributed by atoms with van der Waals surface area (Å²) in [6, 6.07) is 15.3. The average molecular weight is 279 g/mol. The fourth-order valence-corrected chi connectivity index (χ4v) is 4.33. The highest BCUT2D eigenvalue weighted by atomic mass is 16.5. The Kier molecular flexibility index (Phi) is 2.59. The van der Waals surface area contributed by atoms with Crippen molar-refractivity contribution < 1.29 is 4.74 Å². The van der Waals surface area contributed by atoms with Crippen molar-refractivity contribution in [2.24, 2.45) is 5.92 Å². The second-order valence-corrected chi connectivity index (χ2v) is 6.52. The Morgan fingerprint density at radius 2 is 2.00 bits per heavy atom. The van der Waals surface area contributed by atoms with Crippen LogP contribution in [0.1, 0.15) is 36.5 Å². The molecule has 0 fully saturated rings. The molecule has 0 radical (unpaired) electrons. The number of hydrogen-bond acceptors (Lipinski definition) is 2. The number of benzene rings is 2. The number of hydrogen-bond donors (Lipinski definition) is 1. The van der Waals surface area contributed by atoms with E-state index in [2.05, 4.69) is 55.6 Å². The molecule has 2 heteroatoms. The van der Waals surface area contributed by atoms with Crippen LogP contribution in [0.3, 0.4) is 0 Å². The van der Waals surface area contributed by atoms with Gasteiger partial charge in [0.25, 0.3) is 0 Å². The smallest absolute Gasteiger partial charge is 0.119 e. The molecule has 1 aliphatic carbocycles. The van der Waals surface area contributed by atoms with Crippen LogP contribution < -0.4 is 10.1 Å². The number of ether oxygens (including phenoxy) is 1. The van der Waals surface area contributed by atoms with Gasteiger partial charge in [0.15, 0.2) is 0 Å². The molecule has 0 bridgehead atoms. The van der Waals surface area contributed by atoms with Gasteiger partial charge in [-0.1, -0.05) is 38.1 Å². The molecule has 0 saturated carbocycles. The van der Waals surface area contributed by atoms with Gasteiger partial charge in [-0.05, 0) is 47.2 Å². The topological polar surface area (TPSA) is 21.3 Å². The molecule has 2 atom stereocenters. The number of fused-ring (bicyclic) bond motifs is 5. The molecule has 2 aromatic carbocycles. The van der Waals surface area contributed by atoms with Crippen molar-refractivity contribution in [3.05, 3.63) is 59.2 Å². The van der Waals surface area contributed by atoms with Crippen LogP contribution in [0.2, 0.25) is 0 Å². The van der Waals surface area contributed by atoms with E-state index in [9.17, 15) is 0 Å². The number of methoxy groups -OCH3 is 1. The molecule has 1 N–H and O–H groups in total. The lowest BCUT2D eigenvalue weighted by Crippen LogP contribution is -2.39. The first-order chi connectivity index (χ1) is 10.2. The van der Waals surface area contributed by atoms with Gasteiger partial charge in [0.1, 0.15) is 5.75 Å². The minimum Gasteiger partial charge on any atom is -0.497 e. The van der Waals surface area contributed by atoms with Crippen LogP contribution in [-0.2, 0) is 12.0 Å². The molecule has 21 heavy (non-hydrogen) atoms. The second kappa shape index (κ2) is 4.27. The lowest BCUT2D eigenvalue weighted by molar-refractivity contribution is 0.325. The molecule has 2 aliphatic rings. The Hall–Kier alpha value is -1.96. The number of nitrogens with one attached hydrogen (secondary N) is 1. The molecular formula is C19H21NO. The highest BCUT2D eigenvalue weighted by molar-refractivity contribution is 5.68. The molecule has 2 nitrogen and oxygen atoms in total. The third-order valence-electron chi connectivity index (χ3n) is 5.32. The van der Waals surface area contributed by atoms with E-state index in [0.717, 1.165) is 12.2 Å². The van der Waals surface area contributed by atoms with Crippen LogP contribution in [0, 0.1) is 5.92 Å². The number of anilines is 1. The highest BCUT2D eigenvalue weighted by Crippen LogP contribution is 2.59. The molecule has 4 rings (SSSR count). The van der Waals surface area contributed by atoms with E-state index in [1.54, 1.807) is 7.11 Å². The average Bonchev–Trinajstić information content (AvgIpc) is 2.99. The highest BCUT2D eigenvalue weighted by Gasteiger charge is 2.53. The summed E-state index contributed by atoms with van der Waals surface area (Å²) in [4.78, 5) is 0. The Morgan fingerprint density at radius 3 is 2.76 bits per heavy atom. The van der Waals surface area contributed by atoms with E-state index in [0.29, 0.717) is 11.8 Å². The van der Waals surface area contributed by atoms with E-state index in [4.69, 9.17) is 4.74 Å². The SMILES string of the molecule is COc1ccc2c(c1)C1Cc3ccccc3C1(C(C)C)N2. The molecule has 0 saturated heterocycles. The first-order valence-electron chi connectivity index (χ1n) is 7.71. The minimum atomic E-state index is 0.0330. The standard InChI is InChI=1S/C19H21NO/c1-12(2)19-16-7-5-4-6-13(16)10-17(19)15-11-14(21-3)8-9-18(15)20-19/h4-9,11-12,17,20H,10H2,1-3H3. The maximum Gasteiger partial charge on any atom is 0.119 e. The van der Waals surface area contributed by atoms with Crippen LogP contribution in [0.4, 0.5) is 5.69 Å². The van der Waals surface area contributed by atoms with Gasteiger partial charge in [0, 0.05) is 11.6 Å². The number of rotatable bonds is 2. The summed E-state index contributed by atoms with van der Waals surface area (Å²) < 4.78 is 5.43.